The van der Waals surface area contributed by atoms with Gasteiger partial charge >= 0.3 is 0 Å². The molecule has 0 atom stereocenters. The van der Waals surface area contributed by atoms with Crippen LogP contribution in [0.3, 0.4) is 0 Å². The van der Waals surface area contributed by atoms with Gasteiger partial charge in [-0.25, -0.2) is 4.39 Å². The lowest BCUT2D eigenvalue weighted by molar-refractivity contribution is 0.0967. The third-order valence-electron chi connectivity index (χ3n) is 7.80. The van der Waals surface area contributed by atoms with E-state index in [1.807, 2.05) is 48.5 Å². The summed E-state index contributed by atoms with van der Waals surface area (Å²) in [4.78, 5) is 26.5. The zero-order valence-electron chi connectivity index (χ0n) is 21.7. The molecule has 4 aromatic carbocycles. The fourth-order valence-electron chi connectivity index (χ4n) is 5.45. The number of hydrogen-bond acceptors (Lipinski definition) is 4. The van der Waals surface area contributed by atoms with Crippen LogP contribution in [0.1, 0.15) is 58.9 Å². The molecular weight excluding hydrogens is 489 g/mol. The van der Waals surface area contributed by atoms with Crippen molar-refractivity contribution in [2.24, 2.45) is 0 Å². The van der Waals surface area contributed by atoms with E-state index in [-0.39, 0.29) is 29.2 Å². The smallest absolute Gasteiger partial charge is 0.167 e. The first-order chi connectivity index (χ1) is 18.9. The van der Waals surface area contributed by atoms with Crippen LogP contribution in [0, 0.1) is 5.82 Å². The van der Waals surface area contributed by atoms with E-state index in [0.717, 1.165) is 24.0 Å². The number of furan rings is 1. The summed E-state index contributed by atoms with van der Waals surface area (Å²) in [6.45, 7) is 1.80. The summed E-state index contributed by atoms with van der Waals surface area (Å²) in [5.74, 6) is 0.0495. The second-order valence-corrected chi connectivity index (χ2v) is 10.4. The molecule has 39 heavy (non-hydrogen) atoms. The first kappa shape index (κ1) is 24.8. The van der Waals surface area contributed by atoms with E-state index in [4.69, 9.17) is 10.2 Å². The zero-order valence-corrected chi connectivity index (χ0v) is 21.7. The van der Waals surface area contributed by atoms with Crippen LogP contribution < -0.4 is 5.73 Å². The molecule has 6 rings (SSSR count). The number of halogens is 1. The standard InChI is InChI=1S/C34H28FNO3/c1-2-29(37)32-27-18-26(28(36)19-31(27)39-33(32)21-11-13-25(35)14-12-21)22-7-6-8-23(17-22)30(38)20-34(15-16-34)24-9-4-3-5-10-24/h3-14,17-19H,2,15-16,20,36H2,1H3. The third kappa shape index (κ3) is 4.54. The minimum absolute atomic E-state index is 0.0742. The zero-order chi connectivity index (χ0) is 27.1. The van der Waals surface area contributed by atoms with Crippen molar-refractivity contribution in [1.82, 2.24) is 0 Å². The lowest BCUT2D eigenvalue weighted by Gasteiger charge is -2.15. The summed E-state index contributed by atoms with van der Waals surface area (Å²) in [6.07, 6.45) is 2.77. The van der Waals surface area contributed by atoms with Gasteiger partial charge in [-0.05, 0) is 60.4 Å². The molecule has 0 radical (unpaired) electrons. The molecule has 0 bridgehead atoms. The number of fused-ring (bicyclic) bond motifs is 1. The average Bonchev–Trinajstić information content (AvgIpc) is 3.65. The van der Waals surface area contributed by atoms with Crippen LogP contribution in [0.15, 0.2) is 95.4 Å². The highest BCUT2D eigenvalue weighted by Gasteiger charge is 2.45. The Morgan fingerprint density at radius 2 is 1.62 bits per heavy atom. The van der Waals surface area contributed by atoms with Gasteiger partial charge in [-0.1, -0.05) is 55.5 Å². The van der Waals surface area contributed by atoms with E-state index in [0.29, 0.717) is 45.5 Å². The fraction of sp³-hybridized carbons (Fsp3) is 0.176. The summed E-state index contributed by atoms with van der Waals surface area (Å²) in [7, 11) is 0. The number of nitrogens with two attached hydrogens (primary N) is 1. The van der Waals surface area contributed by atoms with Gasteiger partial charge in [-0.15, -0.1) is 0 Å². The van der Waals surface area contributed by atoms with E-state index in [9.17, 15) is 14.0 Å². The number of rotatable bonds is 8. The van der Waals surface area contributed by atoms with Crippen LogP contribution >= 0.6 is 0 Å². The summed E-state index contributed by atoms with van der Waals surface area (Å²) in [5.41, 5.74) is 11.8. The van der Waals surface area contributed by atoms with Crippen LogP contribution in [0.5, 0.6) is 0 Å². The Labute approximate surface area is 226 Å². The van der Waals surface area contributed by atoms with Gasteiger partial charge in [0.25, 0.3) is 0 Å². The molecule has 1 aliphatic carbocycles. The molecule has 1 heterocycles. The Hall–Kier alpha value is -4.51. The number of ketones is 2. The summed E-state index contributed by atoms with van der Waals surface area (Å²) < 4.78 is 19.7. The topological polar surface area (TPSA) is 73.3 Å². The molecular formula is C34H28FNO3. The van der Waals surface area contributed by atoms with Crippen molar-refractivity contribution in [3.05, 3.63) is 114 Å². The molecule has 1 aromatic heterocycles. The maximum absolute atomic E-state index is 13.6. The van der Waals surface area contributed by atoms with Crippen molar-refractivity contribution < 1.29 is 18.4 Å². The van der Waals surface area contributed by atoms with Gasteiger partial charge in [-0.3, -0.25) is 9.59 Å². The lowest BCUT2D eigenvalue weighted by Crippen LogP contribution is -2.13. The molecule has 5 heteroatoms. The molecule has 0 unspecified atom stereocenters. The van der Waals surface area contributed by atoms with Crippen LogP contribution in [0.25, 0.3) is 33.4 Å². The van der Waals surface area contributed by atoms with E-state index in [1.54, 1.807) is 25.1 Å². The minimum atomic E-state index is -0.365. The number of anilines is 1. The highest BCUT2D eigenvalue weighted by molar-refractivity contribution is 6.13. The Morgan fingerprint density at radius 1 is 0.872 bits per heavy atom. The first-order valence-corrected chi connectivity index (χ1v) is 13.2. The molecule has 1 saturated carbocycles. The quantitative estimate of drug-likeness (QED) is 0.166. The van der Waals surface area contributed by atoms with Crippen LogP contribution in [-0.2, 0) is 5.41 Å². The van der Waals surface area contributed by atoms with E-state index >= 15 is 0 Å². The van der Waals surface area contributed by atoms with Gasteiger partial charge in [-0.2, -0.15) is 0 Å². The third-order valence-corrected chi connectivity index (χ3v) is 7.80. The van der Waals surface area contributed by atoms with Crippen LogP contribution in [0.4, 0.5) is 10.1 Å². The molecule has 0 aliphatic heterocycles. The summed E-state index contributed by atoms with van der Waals surface area (Å²) in [6, 6.07) is 27.2. The number of nitrogen functional groups attached to an aromatic ring is 1. The van der Waals surface area contributed by atoms with E-state index in [2.05, 4.69) is 12.1 Å². The minimum Gasteiger partial charge on any atom is -0.455 e. The Kier molecular flexibility index (Phi) is 6.15. The normalized spacial score (nSPS) is 13.9. The summed E-state index contributed by atoms with van der Waals surface area (Å²) in [5, 5.41) is 0.642. The van der Waals surface area contributed by atoms with Gasteiger partial charge in [0.1, 0.15) is 17.2 Å². The number of carbonyl (C=O) groups excluding carboxylic acids is 2. The molecule has 2 N–H and O–H groups in total. The van der Waals surface area contributed by atoms with Crippen molar-refractivity contribution in [3.63, 3.8) is 0 Å². The van der Waals surface area contributed by atoms with E-state index < -0.39 is 0 Å². The van der Waals surface area contributed by atoms with Crippen molar-refractivity contribution in [1.29, 1.82) is 0 Å². The molecule has 0 amide bonds. The van der Waals surface area contributed by atoms with Crippen molar-refractivity contribution in [2.75, 3.05) is 5.73 Å². The Bertz CT molecular complexity index is 1710. The Balaban J connectivity index is 1.39. The highest BCUT2D eigenvalue weighted by atomic mass is 19.1. The SMILES string of the molecule is CCC(=O)c1c(-c2ccc(F)cc2)oc2cc(N)c(-c3cccc(C(=O)CC4(c5ccccc5)CC4)c3)cc12. The fourth-order valence-corrected chi connectivity index (χ4v) is 5.45. The summed E-state index contributed by atoms with van der Waals surface area (Å²) >= 11 is 0. The second kappa shape index (κ2) is 9.66. The molecule has 1 aliphatic rings. The molecule has 0 spiro atoms. The number of hydrogen-bond donors (Lipinski definition) is 1. The molecule has 4 nitrogen and oxygen atoms in total. The monoisotopic (exact) mass is 517 g/mol. The van der Waals surface area contributed by atoms with Gasteiger partial charge in [0, 0.05) is 52.1 Å². The first-order valence-electron chi connectivity index (χ1n) is 13.2. The van der Waals surface area contributed by atoms with Crippen LogP contribution in [0.2, 0.25) is 0 Å². The molecule has 5 aromatic rings. The predicted molar refractivity (Wildman–Crippen MR) is 152 cm³/mol. The second-order valence-electron chi connectivity index (χ2n) is 10.4. The maximum atomic E-state index is 13.6. The largest absolute Gasteiger partial charge is 0.455 e. The average molecular weight is 518 g/mol. The molecule has 194 valence electrons. The number of carbonyl (C=O) groups is 2. The highest BCUT2D eigenvalue weighted by Crippen LogP contribution is 2.51. The van der Waals surface area contributed by atoms with Crippen molar-refractivity contribution in [2.45, 2.75) is 38.0 Å². The Morgan fingerprint density at radius 3 is 2.31 bits per heavy atom. The van der Waals surface area contributed by atoms with Crippen molar-refractivity contribution >= 4 is 28.2 Å². The van der Waals surface area contributed by atoms with Crippen LogP contribution in [-0.4, -0.2) is 11.6 Å². The maximum Gasteiger partial charge on any atom is 0.167 e. The number of Topliss-reactive ketones (excluding diaryl/α,β-unsaturated/α-hetero) is 2. The van der Waals surface area contributed by atoms with Gasteiger partial charge < -0.3 is 10.2 Å². The lowest BCUT2D eigenvalue weighted by atomic mass is 9.88. The molecule has 0 saturated heterocycles. The van der Waals surface area contributed by atoms with E-state index in [1.165, 1.54) is 17.7 Å². The van der Waals surface area contributed by atoms with Gasteiger partial charge in [0.2, 0.25) is 0 Å². The van der Waals surface area contributed by atoms with Crippen molar-refractivity contribution in [3.8, 4) is 22.5 Å². The predicted octanol–water partition coefficient (Wildman–Crippen LogP) is 8.39. The number of benzene rings is 4. The van der Waals surface area contributed by atoms with Gasteiger partial charge in [0.15, 0.2) is 11.6 Å². The molecule has 1 fully saturated rings. The van der Waals surface area contributed by atoms with Gasteiger partial charge in [0.05, 0.1) is 5.56 Å².